The van der Waals surface area contributed by atoms with Crippen LogP contribution < -0.4 is 0 Å². The minimum absolute atomic E-state index is 0.0297. The molecule has 0 bridgehead atoms. The van der Waals surface area contributed by atoms with E-state index in [1.165, 1.54) is 7.11 Å². The molecule has 5 heteroatoms. The molecule has 1 amide bonds. The van der Waals surface area contributed by atoms with E-state index < -0.39 is 0 Å². The number of methoxy groups -OCH3 is 1. The average molecular weight is 406 g/mol. The fourth-order valence-corrected chi connectivity index (χ4v) is 4.10. The average Bonchev–Trinajstić information content (AvgIpc) is 2.78. The third-order valence-corrected chi connectivity index (χ3v) is 5.75. The van der Waals surface area contributed by atoms with Crippen molar-refractivity contribution in [1.82, 2.24) is 4.90 Å². The predicted octanol–water partition coefficient (Wildman–Crippen LogP) is 4.97. The van der Waals surface area contributed by atoms with Crippen LogP contribution in [0.5, 0.6) is 0 Å². The number of amides is 1. The van der Waals surface area contributed by atoms with Gasteiger partial charge in [-0.15, -0.1) is 11.8 Å². The van der Waals surface area contributed by atoms with E-state index in [-0.39, 0.29) is 17.1 Å². The number of nitrogens with zero attached hydrogens (tertiary/aromatic N) is 1. The Balaban J connectivity index is 1.77. The van der Waals surface area contributed by atoms with E-state index in [0.29, 0.717) is 12.1 Å². The maximum atomic E-state index is 13.3. The topological polar surface area (TPSA) is 46.6 Å². The Bertz CT molecular complexity index is 943. The molecule has 3 aromatic carbocycles. The molecule has 3 rings (SSSR count). The van der Waals surface area contributed by atoms with Crippen molar-refractivity contribution in [3.63, 3.8) is 0 Å². The van der Waals surface area contributed by atoms with Crippen LogP contribution >= 0.6 is 11.8 Å². The van der Waals surface area contributed by atoms with Gasteiger partial charge in [0.05, 0.1) is 12.7 Å². The SMILES string of the molecule is COC(=O)c1ccc(CN(C)C(=O)C(Sc2ccccc2)c2ccccc2)cc1. The van der Waals surface area contributed by atoms with Gasteiger partial charge in [-0.2, -0.15) is 0 Å². The molecule has 1 atom stereocenters. The van der Waals surface area contributed by atoms with Gasteiger partial charge in [0.15, 0.2) is 0 Å². The quantitative estimate of drug-likeness (QED) is 0.411. The molecule has 0 spiro atoms. The molecule has 0 saturated carbocycles. The van der Waals surface area contributed by atoms with Crippen LogP contribution in [0.3, 0.4) is 0 Å². The fourth-order valence-electron chi connectivity index (χ4n) is 2.94. The molecule has 148 valence electrons. The molecule has 0 saturated heterocycles. The molecule has 0 aromatic heterocycles. The third-order valence-electron chi connectivity index (χ3n) is 4.49. The molecule has 0 aliphatic heterocycles. The van der Waals surface area contributed by atoms with Crippen molar-refractivity contribution in [3.8, 4) is 0 Å². The fraction of sp³-hybridized carbons (Fsp3) is 0.167. The first kappa shape index (κ1) is 20.7. The number of rotatable bonds is 7. The van der Waals surface area contributed by atoms with Crippen molar-refractivity contribution in [2.45, 2.75) is 16.7 Å². The van der Waals surface area contributed by atoms with Gasteiger partial charge in [0.2, 0.25) is 5.91 Å². The van der Waals surface area contributed by atoms with E-state index in [2.05, 4.69) is 0 Å². The summed E-state index contributed by atoms with van der Waals surface area (Å²) in [6.45, 7) is 0.457. The second-order valence-electron chi connectivity index (χ2n) is 6.60. The summed E-state index contributed by atoms with van der Waals surface area (Å²) in [5.74, 6) is -0.341. The van der Waals surface area contributed by atoms with Gasteiger partial charge in [0.25, 0.3) is 0 Å². The third kappa shape index (κ3) is 5.48. The van der Waals surface area contributed by atoms with Gasteiger partial charge < -0.3 is 9.64 Å². The molecular formula is C24H23NO3S. The lowest BCUT2D eigenvalue weighted by atomic mass is 10.1. The van der Waals surface area contributed by atoms with Crippen LogP contribution in [0.4, 0.5) is 0 Å². The Morgan fingerprint density at radius 2 is 1.48 bits per heavy atom. The molecule has 0 aliphatic rings. The molecule has 3 aromatic rings. The highest BCUT2D eigenvalue weighted by atomic mass is 32.2. The largest absolute Gasteiger partial charge is 0.465 e. The van der Waals surface area contributed by atoms with E-state index in [1.807, 2.05) is 72.8 Å². The lowest BCUT2D eigenvalue weighted by Crippen LogP contribution is -2.30. The summed E-state index contributed by atoms with van der Waals surface area (Å²) in [5, 5.41) is -0.335. The molecular weight excluding hydrogens is 382 g/mol. The first-order valence-electron chi connectivity index (χ1n) is 9.27. The van der Waals surface area contributed by atoms with Crippen molar-refractivity contribution < 1.29 is 14.3 Å². The zero-order valence-corrected chi connectivity index (χ0v) is 17.3. The summed E-state index contributed by atoms with van der Waals surface area (Å²) >= 11 is 1.55. The summed E-state index contributed by atoms with van der Waals surface area (Å²) in [4.78, 5) is 27.7. The first-order valence-corrected chi connectivity index (χ1v) is 10.2. The van der Waals surface area contributed by atoms with Crippen LogP contribution in [0.2, 0.25) is 0 Å². The van der Waals surface area contributed by atoms with Crippen LogP contribution in [0, 0.1) is 0 Å². The Morgan fingerprint density at radius 3 is 2.07 bits per heavy atom. The zero-order chi connectivity index (χ0) is 20.6. The van der Waals surface area contributed by atoms with Crippen molar-refractivity contribution in [3.05, 3.63) is 102 Å². The zero-order valence-electron chi connectivity index (χ0n) is 16.4. The number of carbonyl (C=O) groups is 2. The second kappa shape index (κ2) is 9.94. The second-order valence-corrected chi connectivity index (χ2v) is 7.78. The standard InChI is InChI=1S/C24H23NO3S/c1-25(17-18-13-15-20(16-14-18)24(27)28-2)23(26)22(19-9-5-3-6-10-19)29-21-11-7-4-8-12-21/h3-16,22H,17H2,1-2H3. The molecule has 0 radical (unpaired) electrons. The number of likely N-dealkylation sites (N-methyl/N-ethyl adjacent to an activating group) is 1. The Kier molecular flexibility index (Phi) is 7.09. The van der Waals surface area contributed by atoms with Gasteiger partial charge in [-0.05, 0) is 35.4 Å². The monoisotopic (exact) mass is 405 g/mol. The minimum atomic E-state index is -0.371. The number of thioether (sulfide) groups is 1. The summed E-state index contributed by atoms with van der Waals surface area (Å²) in [7, 11) is 3.16. The van der Waals surface area contributed by atoms with Gasteiger partial charge in [-0.1, -0.05) is 60.7 Å². The smallest absolute Gasteiger partial charge is 0.337 e. The number of benzene rings is 3. The van der Waals surface area contributed by atoms with E-state index in [0.717, 1.165) is 16.0 Å². The summed E-state index contributed by atoms with van der Waals surface area (Å²) in [6, 6.07) is 26.9. The van der Waals surface area contributed by atoms with Crippen molar-refractivity contribution in [1.29, 1.82) is 0 Å². The number of hydrogen-bond acceptors (Lipinski definition) is 4. The normalized spacial score (nSPS) is 11.5. The summed E-state index contributed by atoms with van der Waals surface area (Å²) in [5.41, 5.74) is 2.41. The van der Waals surface area contributed by atoms with Gasteiger partial charge >= 0.3 is 5.97 Å². The van der Waals surface area contributed by atoms with Crippen LogP contribution in [0.15, 0.2) is 89.8 Å². The predicted molar refractivity (Wildman–Crippen MR) is 116 cm³/mol. The molecule has 1 unspecified atom stereocenters. The molecule has 0 aliphatic carbocycles. The van der Waals surface area contributed by atoms with E-state index in [1.54, 1.807) is 35.8 Å². The van der Waals surface area contributed by atoms with E-state index >= 15 is 0 Å². The summed E-state index contributed by atoms with van der Waals surface area (Å²) < 4.78 is 4.73. The molecule has 0 N–H and O–H groups in total. The van der Waals surface area contributed by atoms with Crippen molar-refractivity contribution >= 4 is 23.6 Å². The molecule has 29 heavy (non-hydrogen) atoms. The van der Waals surface area contributed by atoms with Crippen LogP contribution in [0.1, 0.15) is 26.7 Å². The van der Waals surface area contributed by atoms with Gasteiger partial charge in [0.1, 0.15) is 5.25 Å². The molecule has 0 fully saturated rings. The Labute approximate surface area is 175 Å². The lowest BCUT2D eigenvalue weighted by molar-refractivity contribution is -0.129. The molecule has 0 heterocycles. The maximum absolute atomic E-state index is 13.3. The van der Waals surface area contributed by atoms with Crippen molar-refractivity contribution in [2.75, 3.05) is 14.2 Å². The van der Waals surface area contributed by atoms with Gasteiger partial charge in [-0.3, -0.25) is 4.79 Å². The highest BCUT2D eigenvalue weighted by Crippen LogP contribution is 2.36. The van der Waals surface area contributed by atoms with E-state index in [9.17, 15) is 9.59 Å². The number of carbonyl (C=O) groups excluding carboxylic acids is 2. The van der Waals surface area contributed by atoms with Gasteiger partial charge in [-0.25, -0.2) is 4.79 Å². The van der Waals surface area contributed by atoms with E-state index in [4.69, 9.17) is 4.74 Å². The van der Waals surface area contributed by atoms with Crippen molar-refractivity contribution in [2.24, 2.45) is 0 Å². The molecule has 4 nitrogen and oxygen atoms in total. The van der Waals surface area contributed by atoms with Crippen LogP contribution in [-0.4, -0.2) is 30.9 Å². The lowest BCUT2D eigenvalue weighted by Gasteiger charge is -2.24. The van der Waals surface area contributed by atoms with Crippen LogP contribution in [0.25, 0.3) is 0 Å². The highest BCUT2D eigenvalue weighted by Gasteiger charge is 2.25. The summed E-state index contributed by atoms with van der Waals surface area (Å²) in [6.07, 6.45) is 0. The highest BCUT2D eigenvalue weighted by molar-refractivity contribution is 8.00. The Hall–Kier alpha value is -3.05. The van der Waals surface area contributed by atoms with Gasteiger partial charge in [0, 0.05) is 18.5 Å². The number of ether oxygens (including phenoxy) is 1. The first-order chi connectivity index (χ1) is 14.1. The maximum Gasteiger partial charge on any atom is 0.337 e. The number of hydrogen-bond donors (Lipinski definition) is 0. The van der Waals surface area contributed by atoms with Crippen LogP contribution in [-0.2, 0) is 16.1 Å². The Morgan fingerprint density at radius 1 is 0.897 bits per heavy atom. The minimum Gasteiger partial charge on any atom is -0.465 e. The number of esters is 1.